The zero-order valence-corrected chi connectivity index (χ0v) is 11.3. The van der Waals surface area contributed by atoms with Crippen LogP contribution in [-0.4, -0.2) is 36.7 Å². The molecule has 3 heteroatoms. The third kappa shape index (κ3) is 5.20. The van der Waals surface area contributed by atoms with E-state index in [0.29, 0.717) is 17.7 Å². The summed E-state index contributed by atoms with van der Waals surface area (Å²) in [6.07, 6.45) is 0. The van der Waals surface area contributed by atoms with E-state index in [1.807, 2.05) is 12.1 Å². The van der Waals surface area contributed by atoms with E-state index in [0.717, 1.165) is 18.7 Å². The van der Waals surface area contributed by atoms with Gasteiger partial charge in [-0.2, -0.15) is 0 Å². The van der Waals surface area contributed by atoms with Crippen LogP contribution < -0.4 is 5.32 Å². The molecule has 0 spiro atoms. The monoisotopic (exact) mass is 236 g/mol. The third-order valence-electron chi connectivity index (χ3n) is 2.85. The first kappa shape index (κ1) is 14.0. The molecular formula is C14H24N2O. The van der Waals surface area contributed by atoms with E-state index in [1.165, 1.54) is 0 Å². The van der Waals surface area contributed by atoms with Crippen molar-refractivity contribution in [2.24, 2.45) is 5.92 Å². The van der Waals surface area contributed by atoms with Crippen LogP contribution in [0.5, 0.6) is 5.75 Å². The van der Waals surface area contributed by atoms with Crippen LogP contribution in [0.15, 0.2) is 24.3 Å². The Morgan fingerprint density at radius 3 is 2.53 bits per heavy atom. The zero-order chi connectivity index (χ0) is 12.8. The maximum atomic E-state index is 9.40. The van der Waals surface area contributed by atoms with E-state index in [1.54, 1.807) is 12.1 Å². The molecule has 0 saturated heterocycles. The summed E-state index contributed by atoms with van der Waals surface area (Å²) in [5.41, 5.74) is 1.12. The summed E-state index contributed by atoms with van der Waals surface area (Å²) in [6.45, 7) is 6.27. The second-order valence-corrected chi connectivity index (χ2v) is 5.16. The number of phenols is 1. The lowest BCUT2D eigenvalue weighted by Crippen LogP contribution is -2.41. The van der Waals surface area contributed by atoms with Crippen molar-refractivity contribution in [3.8, 4) is 5.75 Å². The summed E-state index contributed by atoms with van der Waals surface area (Å²) < 4.78 is 0. The van der Waals surface area contributed by atoms with Crippen LogP contribution in [0.25, 0.3) is 0 Å². The number of nitrogens with zero attached hydrogens (tertiary/aromatic N) is 1. The van der Waals surface area contributed by atoms with Gasteiger partial charge in [0.1, 0.15) is 5.75 Å². The molecule has 3 nitrogen and oxygen atoms in total. The highest BCUT2D eigenvalue weighted by atomic mass is 16.3. The molecule has 0 aliphatic carbocycles. The van der Waals surface area contributed by atoms with Gasteiger partial charge in [0, 0.05) is 19.1 Å². The van der Waals surface area contributed by atoms with Gasteiger partial charge in [0.25, 0.3) is 0 Å². The predicted molar refractivity (Wildman–Crippen MR) is 72.1 cm³/mol. The topological polar surface area (TPSA) is 35.5 Å². The molecule has 0 radical (unpaired) electrons. The predicted octanol–water partition coefficient (Wildman–Crippen LogP) is 2.07. The molecule has 0 saturated carbocycles. The molecular weight excluding hydrogens is 212 g/mol. The Bertz CT molecular complexity index is 337. The third-order valence-corrected chi connectivity index (χ3v) is 2.85. The van der Waals surface area contributed by atoms with Crippen LogP contribution in [0.4, 0.5) is 0 Å². The zero-order valence-electron chi connectivity index (χ0n) is 11.3. The molecule has 1 rings (SSSR count). The lowest BCUT2D eigenvalue weighted by atomic mass is 10.0. The van der Waals surface area contributed by atoms with Gasteiger partial charge in [-0.1, -0.05) is 26.0 Å². The smallest absolute Gasteiger partial charge is 0.115 e. The van der Waals surface area contributed by atoms with Crippen LogP contribution in [0.3, 0.4) is 0 Å². The van der Waals surface area contributed by atoms with Gasteiger partial charge < -0.3 is 15.3 Å². The Balaban J connectivity index is 2.51. The fraction of sp³-hybridized carbons (Fsp3) is 0.571. The first-order valence-corrected chi connectivity index (χ1v) is 6.15. The van der Waals surface area contributed by atoms with Gasteiger partial charge in [-0.05, 0) is 37.7 Å². The second-order valence-electron chi connectivity index (χ2n) is 5.16. The van der Waals surface area contributed by atoms with E-state index >= 15 is 0 Å². The number of phenolic OH excluding ortho intramolecular Hbond substituents is 1. The molecule has 0 amide bonds. The van der Waals surface area contributed by atoms with Crippen molar-refractivity contribution >= 4 is 0 Å². The van der Waals surface area contributed by atoms with E-state index < -0.39 is 0 Å². The molecule has 0 heterocycles. The van der Waals surface area contributed by atoms with Crippen molar-refractivity contribution < 1.29 is 5.11 Å². The van der Waals surface area contributed by atoms with E-state index in [2.05, 4.69) is 38.2 Å². The standard InChI is InChI=1S/C14H24N2O/c1-11(2)14(10-16(3)4)15-9-12-6-5-7-13(17)8-12/h5-8,11,14-15,17H,9-10H2,1-4H3. The van der Waals surface area contributed by atoms with Gasteiger partial charge in [0.05, 0.1) is 0 Å². The van der Waals surface area contributed by atoms with Crippen molar-refractivity contribution in [1.29, 1.82) is 0 Å². The molecule has 1 unspecified atom stereocenters. The van der Waals surface area contributed by atoms with E-state index in [4.69, 9.17) is 0 Å². The van der Waals surface area contributed by atoms with Gasteiger partial charge in [-0.3, -0.25) is 0 Å². The summed E-state index contributed by atoms with van der Waals surface area (Å²) in [6, 6.07) is 7.87. The lowest BCUT2D eigenvalue weighted by Gasteiger charge is -2.25. The summed E-state index contributed by atoms with van der Waals surface area (Å²) >= 11 is 0. The van der Waals surface area contributed by atoms with E-state index in [9.17, 15) is 5.11 Å². The summed E-state index contributed by atoms with van der Waals surface area (Å²) in [7, 11) is 4.18. The second kappa shape index (κ2) is 6.62. The SMILES string of the molecule is CC(C)C(CN(C)C)NCc1cccc(O)c1. The van der Waals surface area contributed by atoms with Crippen LogP contribution in [0, 0.1) is 5.92 Å². The number of aromatic hydroxyl groups is 1. The molecule has 17 heavy (non-hydrogen) atoms. The molecule has 1 atom stereocenters. The van der Waals surface area contributed by atoms with Crippen LogP contribution in [-0.2, 0) is 6.54 Å². The molecule has 0 fully saturated rings. The Morgan fingerprint density at radius 1 is 1.29 bits per heavy atom. The van der Waals surface area contributed by atoms with Crippen LogP contribution >= 0.6 is 0 Å². The van der Waals surface area contributed by atoms with Gasteiger partial charge in [0.2, 0.25) is 0 Å². The number of likely N-dealkylation sites (N-methyl/N-ethyl adjacent to an activating group) is 1. The molecule has 0 aliphatic rings. The minimum Gasteiger partial charge on any atom is -0.508 e. The number of hydrogen-bond acceptors (Lipinski definition) is 3. The highest BCUT2D eigenvalue weighted by Gasteiger charge is 2.13. The average Bonchev–Trinajstić information content (AvgIpc) is 2.23. The molecule has 1 aromatic rings. The normalized spacial score (nSPS) is 13.3. The maximum Gasteiger partial charge on any atom is 0.115 e. The minimum atomic E-state index is 0.331. The number of benzene rings is 1. The summed E-state index contributed by atoms with van der Waals surface area (Å²) in [5.74, 6) is 0.924. The van der Waals surface area contributed by atoms with Gasteiger partial charge in [0.15, 0.2) is 0 Å². The van der Waals surface area contributed by atoms with Crippen molar-refractivity contribution in [3.05, 3.63) is 29.8 Å². The molecule has 0 aliphatic heterocycles. The Morgan fingerprint density at radius 2 is 2.00 bits per heavy atom. The molecule has 0 aromatic heterocycles. The Kier molecular flexibility index (Phi) is 5.45. The van der Waals surface area contributed by atoms with Gasteiger partial charge in [-0.15, -0.1) is 0 Å². The molecule has 1 aromatic carbocycles. The highest BCUT2D eigenvalue weighted by molar-refractivity contribution is 5.26. The van der Waals surface area contributed by atoms with Crippen molar-refractivity contribution in [2.45, 2.75) is 26.4 Å². The van der Waals surface area contributed by atoms with Crippen LogP contribution in [0.2, 0.25) is 0 Å². The lowest BCUT2D eigenvalue weighted by molar-refractivity contribution is 0.288. The number of nitrogens with one attached hydrogen (secondary N) is 1. The minimum absolute atomic E-state index is 0.331. The Hall–Kier alpha value is -1.06. The molecule has 2 N–H and O–H groups in total. The average molecular weight is 236 g/mol. The first-order chi connectivity index (χ1) is 7.99. The quantitative estimate of drug-likeness (QED) is 0.793. The van der Waals surface area contributed by atoms with Crippen molar-refractivity contribution in [2.75, 3.05) is 20.6 Å². The van der Waals surface area contributed by atoms with Crippen molar-refractivity contribution in [3.63, 3.8) is 0 Å². The van der Waals surface area contributed by atoms with Crippen LogP contribution in [0.1, 0.15) is 19.4 Å². The fourth-order valence-electron chi connectivity index (χ4n) is 1.82. The van der Waals surface area contributed by atoms with Gasteiger partial charge in [-0.25, -0.2) is 0 Å². The molecule has 0 bridgehead atoms. The summed E-state index contributed by atoms with van der Waals surface area (Å²) in [5, 5.41) is 12.9. The van der Waals surface area contributed by atoms with E-state index in [-0.39, 0.29) is 0 Å². The Labute approximate surface area is 104 Å². The largest absolute Gasteiger partial charge is 0.508 e. The fourth-order valence-corrected chi connectivity index (χ4v) is 1.82. The maximum absolute atomic E-state index is 9.40. The first-order valence-electron chi connectivity index (χ1n) is 6.15. The summed E-state index contributed by atoms with van der Waals surface area (Å²) in [4.78, 5) is 2.19. The highest BCUT2D eigenvalue weighted by Crippen LogP contribution is 2.11. The molecule has 96 valence electrons. The number of hydrogen-bond donors (Lipinski definition) is 2. The van der Waals surface area contributed by atoms with Crippen molar-refractivity contribution in [1.82, 2.24) is 10.2 Å². The number of rotatable bonds is 6. The van der Waals surface area contributed by atoms with Gasteiger partial charge >= 0.3 is 0 Å².